The summed E-state index contributed by atoms with van der Waals surface area (Å²) >= 11 is 6.86. The van der Waals surface area contributed by atoms with Gasteiger partial charge in [0.1, 0.15) is 11.4 Å². The van der Waals surface area contributed by atoms with Crippen LogP contribution in [0.1, 0.15) is 21.5 Å². The Hall–Kier alpha value is -3.63. The number of nitrogens with one attached hydrogen (secondary N) is 2. The molecule has 35 heavy (non-hydrogen) atoms. The third kappa shape index (κ3) is 6.09. The Labute approximate surface area is 218 Å². The number of carbonyl (C=O) groups is 2. The first-order chi connectivity index (χ1) is 16.9. The molecule has 2 amide bonds. The van der Waals surface area contributed by atoms with Gasteiger partial charge in [0, 0.05) is 5.56 Å². The summed E-state index contributed by atoms with van der Waals surface area (Å²) in [5, 5.41) is 6.70. The van der Waals surface area contributed by atoms with Crippen molar-refractivity contribution in [3.05, 3.63) is 92.0 Å². The summed E-state index contributed by atoms with van der Waals surface area (Å²) < 4.78 is 17.5. The van der Waals surface area contributed by atoms with Gasteiger partial charge < -0.3 is 19.5 Å². The number of ether oxygens (including phenoxy) is 3. The molecule has 8 nitrogen and oxygen atoms in total. The SMILES string of the molecule is COc1c(Br)cc(/C=N/NC(=O)/C(=C\c2ccc3c(c2)OCO3)NC(=O)c2ccccc2)cc1Br. The largest absolute Gasteiger partial charge is 0.494 e. The van der Waals surface area contributed by atoms with Crippen molar-refractivity contribution in [1.29, 1.82) is 0 Å². The molecular formula is C25H19Br2N3O5. The van der Waals surface area contributed by atoms with Gasteiger partial charge in [-0.25, -0.2) is 5.43 Å². The Morgan fingerprint density at radius 2 is 1.69 bits per heavy atom. The fourth-order valence-electron chi connectivity index (χ4n) is 3.19. The number of methoxy groups -OCH3 is 1. The topological polar surface area (TPSA) is 98.2 Å². The third-order valence-electron chi connectivity index (χ3n) is 4.84. The molecule has 0 spiro atoms. The van der Waals surface area contributed by atoms with E-state index in [2.05, 4.69) is 47.7 Å². The van der Waals surface area contributed by atoms with E-state index in [4.69, 9.17) is 14.2 Å². The molecule has 2 N–H and O–H groups in total. The smallest absolute Gasteiger partial charge is 0.287 e. The number of hydrazone groups is 1. The molecule has 1 aliphatic rings. The minimum Gasteiger partial charge on any atom is -0.494 e. The van der Waals surface area contributed by atoms with Crippen molar-refractivity contribution in [2.24, 2.45) is 5.10 Å². The highest BCUT2D eigenvalue weighted by atomic mass is 79.9. The number of halogens is 2. The van der Waals surface area contributed by atoms with Gasteiger partial charge in [0.2, 0.25) is 6.79 Å². The van der Waals surface area contributed by atoms with E-state index in [1.807, 2.05) is 0 Å². The summed E-state index contributed by atoms with van der Waals surface area (Å²) in [5.74, 6) is 0.780. The van der Waals surface area contributed by atoms with Crippen LogP contribution in [0.2, 0.25) is 0 Å². The summed E-state index contributed by atoms with van der Waals surface area (Å²) in [4.78, 5) is 25.7. The van der Waals surface area contributed by atoms with E-state index in [0.29, 0.717) is 33.9 Å². The second-order valence-corrected chi connectivity index (χ2v) is 8.92. The number of carbonyl (C=O) groups excluding carboxylic acids is 2. The molecule has 178 valence electrons. The summed E-state index contributed by atoms with van der Waals surface area (Å²) in [6.45, 7) is 0.132. The lowest BCUT2D eigenvalue weighted by Crippen LogP contribution is -2.32. The molecule has 0 bridgehead atoms. The Kier molecular flexibility index (Phi) is 7.84. The molecule has 3 aromatic carbocycles. The van der Waals surface area contributed by atoms with Gasteiger partial charge >= 0.3 is 0 Å². The zero-order chi connectivity index (χ0) is 24.8. The number of nitrogens with zero attached hydrogens (tertiary/aromatic N) is 1. The first kappa shape index (κ1) is 24.5. The van der Waals surface area contributed by atoms with Gasteiger partial charge in [-0.2, -0.15) is 5.10 Å². The van der Waals surface area contributed by atoms with Crippen LogP contribution >= 0.6 is 31.9 Å². The van der Waals surface area contributed by atoms with E-state index < -0.39 is 11.8 Å². The molecule has 1 aliphatic heterocycles. The average molecular weight is 601 g/mol. The molecular weight excluding hydrogens is 582 g/mol. The van der Waals surface area contributed by atoms with Crippen molar-refractivity contribution in [1.82, 2.24) is 10.7 Å². The van der Waals surface area contributed by atoms with Gasteiger partial charge in [0.25, 0.3) is 11.8 Å². The van der Waals surface area contributed by atoms with Crippen LogP contribution < -0.4 is 25.0 Å². The van der Waals surface area contributed by atoms with Crippen LogP contribution in [0.4, 0.5) is 0 Å². The van der Waals surface area contributed by atoms with E-state index in [1.54, 1.807) is 67.8 Å². The molecule has 4 rings (SSSR count). The number of hydrogen-bond acceptors (Lipinski definition) is 6. The van der Waals surface area contributed by atoms with Gasteiger partial charge in [-0.3, -0.25) is 9.59 Å². The second-order valence-electron chi connectivity index (χ2n) is 7.21. The molecule has 10 heteroatoms. The van der Waals surface area contributed by atoms with Crippen molar-refractivity contribution in [3.63, 3.8) is 0 Å². The van der Waals surface area contributed by atoms with Crippen molar-refractivity contribution < 1.29 is 23.8 Å². The average Bonchev–Trinajstić information content (AvgIpc) is 3.32. The molecule has 0 atom stereocenters. The van der Waals surface area contributed by atoms with Crippen molar-refractivity contribution in [2.75, 3.05) is 13.9 Å². The third-order valence-corrected chi connectivity index (χ3v) is 6.02. The summed E-state index contributed by atoms with van der Waals surface area (Å²) in [6.07, 6.45) is 3.01. The van der Waals surface area contributed by atoms with E-state index in [1.165, 1.54) is 12.3 Å². The van der Waals surface area contributed by atoms with Gasteiger partial charge in [-0.15, -0.1) is 0 Å². The Balaban J connectivity index is 1.56. The zero-order valence-electron chi connectivity index (χ0n) is 18.4. The zero-order valence-corrected chi connectivity index (χ0v) is 21.6. The fraction of sp³-hybridized carbons (Fsp3) is 0.0800. The first-order valence-electron chi connectivity index (χ1n) is 10.3. The number of hydrogen-bond donors (Lipinski definition) is 2. The van der Waals surface area contributed by atoms with Gasteiger partial charge in [0.05, 0.1) is 22.3 Å². The predicted molar refractivity (Wildman–Crippen MR) is 139 cm³/mol. The normalized spacial score (nSPS) is 12.5. The highest BCUT2D eigenvalue weighted by molar-refractivity contribution is 9.11. The van der Waals surface area contributed by atoms with Crippen LogP contribution in [0.5, 0.6) is 17.2 Å². The van der Waals surface area contributed by atoms with E-state index in [-0.39, 0.29) is 12.5 Å². The van der Waals surface area contributed by atoms with Crippen LogP contribution in [0, 0.1) is 0 Å². The van der Waals surface area contributed by atoms with Crippen LogP contribution in [-0.4, -0.2) is 31.9 Å². The highest BCUT2D eigenvalue weighted by Gasteiger charge is 2.17. The first-order valence-corrected chi connectivity index (χ1v) is 11.9. The fourth-order valence-corrected chi connectivity index (χ4v) is 4.73. The van der Waals surface area contributed by atoms with Crippen molar-refractivity contribution in [3.8, 4) is 17.2 Å². The minimum absolute atomic E-state index is 0.00644. The lowest BCUT2D eigenvalue weighted by atomic mass is 10.1. The lowest BCUT2D eigenvalue weighted by molar-refractivity contribution is -0.117. The van der Waals surface area contributed by atoms with Crippen LogP contribution in [0.3, 0.4) is 0 Å². The van der Waals surface area contributed by atoms with Crippen molar-refractivity contribution >= 4 is 56.0 Å². The number of amides is 2. The number of fused-ring (bicyclic) bond motifs is 1. The van der Waals surface area contributed by atoms with Gasteiger partial charge in [-0.05, 0) is 85.5 Å². The molecule has 1 heterocycles. The lowest BCUT2D eigenvalue weighted by Gasteiger charge is -2.10. The Morgan fingerprint density at radius 3 is 2.40 bits per heavy atom. The molecule has 3 aromatic rings. The molecule has 0 aliphatic carbocycles. The molecule has 0 saturated carbocycles. The van der Waals surface area contributed by atoms with E-state index >= 15 is 0 Å². The molecule has 0 aromatic heterocycles. The standard InChI is InChI=1S/C25H19Br2N3O5/c1-33-23-18(26)9-16(10-19(23)27)13-28-30-25(32)20(29-24(31)17-5-3-2-4-6-17)11-15-7-8-21-22(12-15)35-14-34-21/h2-13H,14H2,1H3,(H,29,31)(H,30,32)/b20-11+,28-13+. The van der Waals surface area contributed by atoms with E-state index in [0.717, 1.165) is 8.95 Å². The number of benzene rings is 3. The Bertz CT molecular complexity index is 1300. The summed E-state index contributed by atoms with van der Waals surface area (Å²) in [5.41, 5.74) is 4.22. The maximum atomic E-state index is 13.0. The predicted octanol–water partition coefficient (Wildman–Crippen LogP) is 4.87. The second kappa shape index (κ2) is 11.2. The van der Waals surface area contributed by atoms with Crippen LogP contribution in [0.15, 0.2) is 80.4 Å². The number of rotatable bonds is 7. The summed E-state index contributed by atoms with van der Waals surface area (Å²) in [6, 6.07) is 17.4. The van der Waals surface area contributed by atoms with Gasteiger partial charge in [-0.1, -0.05) is 24.3 Å². The van der Waals surface area contributed by atoms with Crippen LogP contribution in [0.25, 0.3) is 6.08 Å². The molecule has 0 unspecified atom stereocenters. The molecule has 0 fully saturated rings. The molecule has 0 radical (unpaired) electrons. The van der Waals surface area contributed by atoms with Gasteiger partial charge in [0.15, 0.2) is 11.5 Å². The quantitative estimate of drug-likeness (QED) is 0.229. The van der Waals surface area contributed by atoms with Crippen LogP contribution in [-0.2, 0) is 4.79 Å². The maximum absolute atomic E-state index is 13.0. The molecule has 0 saturated heterocycles. The highest BCUT2D eigenvalue weighted by Crippen LogP contribution is 2.34. The summed E-state index contributed by atoms with van der Waals surface area (Å²) in [7, 11) is 1.57. The van der Waals surface area contributed by atoms with Crippen molar-refractivity contribution in [2.45, 2.75) is 0 Å². The van der Waals surface area contributed by atoms with E-state index in [9.17, 15) is 9.59 Å². The minimum atomic E-state index is -0.602. The monoisotopic (exact) mass is 599 g/mol. The maximum Gasteiger partial charge on any atom is 0.287 e. The Morgan fingerprint density at radius 1 is 0.971 bits per heavy atom.